The molecular formula is C10H12BrN3O. The molecule has 4 nitrogen and oxygen atoms in total. The summed E-state index contributed by atoms with van der Waals surface area (Å²) in [6.45, 7) is 0.728. The van der Waals surface area contributed by atoms with Gasteiger partial charge < -0.3 is 5.11 Å². The number of halogens is 1. The molecular weight excluding hydrogens is 258 g/mol. The van der Waals surface area contributed by atoms with E-state index in [4.69, 9.17) is 10.4 Å². The van der Waals surface area contributed by atoms with Crippen LogP contribution in [0.4, 0.5) is 0 Å². The van der Waals surface area contributed by atoms with Gasteiger partial charge in [-0.05, 0) is 41.0 Å². The van der Waals surface area contributed by atoms with Crippen LogP contribution in [0.15, 0.2) is 22.8 Å². The summed E-state index contributed by atoms with van der Waals surface area (Å²) in [5.41, 5.74) is 0.693. The maximum Gasteiger partial charge on any atom is 0.138 e. The summed E-state index contributed by atoms with van der Waals surface area (Å²) in [4.78, 5) is 4.13. The highest BCUT2D eigenvalue weighted by Gasteiger charge is 2.09. The average Bonchev–Trinajstić information content (AvgIpc) is 2.26. The molecule has 1 atom stereocenters. The summed E-state index contributed by atoms with van der Waals surface area (Å²) in [5, 5.41) is 20.5. The smallest absolute Gasteiger partial charge is 0.138 e. The van der Waals surface area contributed by atoms with Crippen LogP contribution >= 0.6 is 15.9 Å². The highest BCUT2D eigenvalue weighted by atomic mass is 79.9. The Balaban J connectivity index is 2.59. The summed E-state index contributed by atoms with van der Waals surface area (Å²) >= 11 is 3.28. The number of nitrogens with zero attached hydrogens (tertiary/aromatic N) is 2. The minimum absolute atomic E-state index is 0.124. The van der Waals surface area contributed by atoms with Gasteiger partial charge in [-0.25, -0.2) is 0 Å². The minimum atomic E-state index is -0.412. The molecule has 5 heteroatoms. The monoisotopic (exact) mass is 269 g/mol. The van der Waals surface area contributed by atoms with Crippen molar-refractivity contribution in [1.29, 1.82) is 5.26 Å². The second-order valence-electron chi connectivity index (χ2n) is 2.99. The quantitative estimate of drug-likeness (QED) is 0.793. The Morgan fingerprint density at radius 3 is 2.93 bits per heavy atom. The molecule has 0 radical (unpaired) electrons. The van der Waals surface area contributed by atoms with E-state index in [2.05, 4.69) is 32.3 Å². The molecule has 15 heavy (non-hydrogen) atoms. The van der Waals surface area contributed by atoms with E-state index >= 15 is 0 Å². The third kappa shape index (κ3) is 3.96. The largest absolute Gasteiger partial charge is 0.396 e. The van der Waals surface area contributed by atoms with Gasteiger partial charge in [0.15, 0.2) is 0 Å². The van der Waals surface area contributed by atoms with Crippen molar-refractivity contribution in [3.05, 3.63) is 28.5 Å². The van der Waals surface area contributed by atoms with E-state index < -0.39 is 6.04 Å². The number of aliphatic hydroxyl groups excluding tert-OH is 1. The van der Waals surface area contributed by atoms with E-state index in [0.29, 0.717) is 18.7 Å². The van der Waals surface area contributed by atoms with Crippen LogP contribution in [-0.4, -0.2) is 23.2 Å². The van der Waals surface area contributed by atoms with Crippen LogP contribution in [0.3, 0.4) is 0 Å². The summed E-state index contributed by atoms with van der Waals surface area (Å²) in [6.07, 6.45) is 2.29. The van der Waals surface area contributed by atoms with Gasteiger partial charge >= 0.3 is 0 Å². The SMILES string of the molecule is N#CC(NCCCO)c1ccc(Br)cn1. The maximum atomic E-state index is 8.92. The van der Waals surface area contributed by atoms with Crippen LogP contribution in [0, 0.1) is 11.3 Å². The van der Waals surface area contributed by atoms with E-state index in [0.717, 1.165) is 4.47 Å². The molecule has 0 saturated heterocycles. The molecule has 0 bridgehead atoms. The van der Waals surface area contributed by atoms with Crippen LogP contribution in [0.25, 0.3) is 0 Å². The summed E-state index contributed by atoms with van der Waals surface area (Å²) in [6, 6.07) is 5.36. The first-order valence-electron chi connectivity index (χ1n) is 4.63. The predicted octanol–water partition coefficient (Wildman–Crippen LogP) is 1.38. The lowest BCUT2D eigenvalue weighted by Crippen LogP contribution is -2.22. The second-order valence-corrected chi connectivity index (χ2v) is 3.91. The van der Waals surface area contributed by atoms with E-state index in [1.807, 2.05) is 6.07 Å². The molecule has 0 aliphatic carbocycles. The molecule has 0 spiro atoms. The number of rotatable bonds is 5. The van der Waals surface area contributed by atoms with Crippen LogP contribution in [0.5, 0.6) is 0 Å². The molecule has 0 saturated carbocycles. The van der Waals surface area contributed by atoms with Crippen molar-refractivity contribution >= 4 is 15.9 Å². The fourth-order valence-electron chi connectivity index (χ4n) is 1.10. The second kappa shape index (κ2) is 6.51. The van der Waals surface area contributed by atoms with Gasteiger partial charge in [-0.15, -0.1) is 0 Å². The first-order valence-corrected chi connectivity index (χ1v) is 5.42. The van der Waals surface area contributed by atoms with E-state index in [9.17, 15) is 0 Å². The van der Waals surface area contributed by atoms with Crippen LogP contribution in [-0.2, 0) is 0 Å². The lowest BCUT2D eigenvalue weighted by Gasteiger charge is -2.09. The summed E-state index contributed by atoms with van der Waals surface area (Å²) in [5.74, 6) is 0. The molecule has 0 aromatic carbocycles. The van der Waals surface area contributed by atoms with Crippen molar-refractivity contribution in [2.24, 2.45) is 0 Å². The van der Waals surface area contributed by atoms with Gasteiger partial charge in [0.1, 0.15) is 6.04 Å². The van der Waals surface area contributed by atoms with Crippen molar-refractivity contribution in [1.82, 2.24) is 10.3 Å². The Bertz CT molecular complexity index is 334. The molecule has 0 amide bonds. The van der Waals surface area contributed by atoms with Gasteiger partial charge in [0.05, 0.1) is 11.8 Å². The normalized spacial score (nSPS) is 12.1. The first kappa shape index (κ1) is 12.1. The topological polar surface area (TPSA) is 68.9 Å². The molecule has 80 valence electrons. The fourth-order valence-corrected chi connectivity index (χ4v) is 1.33. The zero-order chi connectivity index (χ0) is 11.1. The molecule has 0 fully saturated rings. The molecule has 1 aromatic heterocycles. The predicted molar refractivity (Wildman–Crippen MR) is 60.0 cm³/mol. The van der Waals surface area contributed by atoms with Crippen LogP contribution in [0.2, 0.25) is 0 Å². The minimum Gasteiger partial charge on any atom is -0.396 e. The third-order valence-corrected chi connectivity index (χ3v) is 2.33. The van der Waals surface area contributed by atoms with E-state index in [1.165, 1.54) is 0 Å². The number of hydrogen-bond donors (Lipinski definition) is 2. The van der Waals surface area contributed by atoms with E-state index in [1.54, 1.807) is 12.3 Å². The molecule has 1 rings (SSSR count). The van der Waals surface area contributed by atoms with Crippen molar-refractivity contribution in [3.63, 3.8) is 0 Å². The Morgan fingerprint density at radius 1 is 1.60 bits per heavy atom. The molecule has 2 N–H and O–H groups in total. The van der Waals surface area contributed by atoms with Gasteiger partial charge in [0.2, 0.25) is 0 Å². The van der Waals surface area contributed by atoms with Gasteiger partial charge in [-0.1, -0.05) is 0 Å². The Hall–Kier alpha value is -0.960. The van der Waals surface area contributed by atoms with Gasteiger partial charge in [-0.2, -0.15) is 5.26 Å². The zero-order valence-corrected chi connectivity index (χ0v) is 9.74. The number of aromatic nitrogens is 1. The van der Waals surface area contributed by atoms with Crippen molar-refractivity contribution in [2.75, 3.05) is 13.2 Å². The lowest BCUT2D eigenvalue weighted by molar-refractivity contribution is 0.285. The van der Waals surface area contributed by atoms with Crippen molar-refractivity contribution in [2.45, 2.75) is 12.5 Å². The number of pyridine rings is 1. The Kier molecular flexibility index (Phi) is 5.26. The number of hydrogen-bond acceptors (Lipinski definition) is 4. The highest BCUT2D eigenvalue weighted by molar-refractivity contribution is 9.10. The van der Waals surface area contributed by atoms with Crippen LogP contribution in [0.1, 0.15) is 18.2 Å². The molecule has 0 aliphatic heterocycles. The highest BCUT2D eigenvalue weighted by Crippen LogP contribution is 2.12. The van der Waals surface area contributed by atoms with E-state index in [-0.39, 0.29) is 6.61 Å². The number of nitriles is 1. The maximum absolute atomic E-state index is 8.92. The zero-order valence-electron chi connectivity index (χ0n) is 8.15. The standard InChI is InChI=1S/C10H12BrN3O/c11-8-2-3-9(14-7-8)10(6-12)13-4-1-5-15/h2-3,7,10,13,15H,1,4-5H2. The molecule has 0 aliphatic rings. The summed E-state index contributed by atoms with van der Waals surface area (Å²) in [7, 11) is 0. The summed E-state index contributed by atoms with van der Waals surface area (Å²) < 4.78 is 0.887. The van der Waals surface area contributed by atoms with Crippen LogP contribution < -0.4 is 5.32 Å². The number of nitrogens with one attached hydrogen (secondary N) is 1. The Morgan fingerprint density at radius 2 is 2.40 bits per heavy atom. The average molecular weight is 270 g/mol. The van der Waals surface area contributed by atoms with Gasteiger partial charge in [0, 0.05) is 17.3 Å². The molecule has 1 heterocycles. The van der Waals surface area contributed by atoms with Crippen molar-refractivity contribution in [3.8, 4) is 6.07 Å². The van der Waals surface area contributed by atoms with Gasteiger partial charge in [0.25, 0.3) is 0 Å². The Labute approximate surface area is 97.1 Å². The first-order chi connectivity index (χ1) is 7.27. The van der Waals surface area contributed by atoms with Crippen molar-refractivity contribution < 1.29 is 5.11 Å². The lowest BCUT2D eigenvalue weighted by atomic mass is 10.2. The van der Waals surface area contributed by atoms with Gasteiger partial charge in [-0.3, -0.25) is 10.3 Å². The third-order valence-electron chi connectivity index (χ3n) is 1.86. The number of aliphatic hydroxyl groups is 1. The fraction of sp³-hybridized carbons (Fsp3) is 0.400. The molecule has 1 aromatic rings. The molecule has 1 unspecified atom stereocenters.